The van der Waals surface area contributed by atoms with E-state index >= 15 is 0 Å². The summed E-state index contributed by atoms with van der Waals surface area (Å²) < 4.78 is 34.3. The largest absolute Gasteiger partial charge is 0.378 e. The molecule has 0 saturated carbocycles. The normalized spacial score (nSPS) is 20.8. The van der Waals surface area contributed by atoms with Crippen LogP contribution in [0.3, 0.4) is 0 Å². The lowest BCUT2D eigenvalue weighted by molar-refractivity contribution is 0.173. The van der Waals surface area contributed by atoms with E-state index < -0.39 is 10.2 Å². The van der Waals surface area contributed by atoms with Gasteiger partial charge in [0.25, 0.3) is 10.2 Å². The van der Waals surface area contributed by atoms with Crippen molar-refractivity contribution >= 4 is 10.2 Å². The number of hydrogen-bond donors (Lipinski definition) is 0. The molecular formula is C11H20N4O3S. The molecule has 108 valence electrons. The van der Waals surface area contributed by atoms with Crippen LogP contribution in [-0.2, 0) is 28.1 Å². The second-order valence-corrected chi connectivity index (χ2v) is 6.86. The molecule has 1 aromatic rings. The van der Waals surface area contributed by atoms with E-state index in [-0.39, 0.29) is 6.04 Å². The zero-order valence-corrected chi connectivity index (χ0v) is 12.5. The summed E-state index contributed by atoms with van der Waals surface area (Å²) in [4.78, 5) is 4.34. The SMILES string of the molecule is COCc1cnc2n1CCN(S(=O)(=O)N(C)C)C2C. The number of imidazole rings is 1. The first-order valence-electron chi connectivity index (χ1n) is 6.12. The van der Waals surface area contributed by atoms with Gasteiger partial charge in [-0.05, 0) is 6.92 Å². The number of aromatic nitrogens is 2. The van der Waals surface area contributed by atoms with Crippen molar-refractivity contribution in [1.29, 1.82) is 0 Å². The van der Waals surface area contributed by atoms with Gasteiger partial charge in [-0.1, -0.05) is 0 Å². The van der Waals surface area contributed by atoms with E-state index in [2.05, 4.69) is 4.98 Å². The molecule has 0 amide bonds. The van der Waals surface area contributed by atoms with Gasteiger partial charge in [0, 0.05) is 34.3 Å². The third-order valence-electron chi connectivity index (χ3n) is 3.37. The average molecular weight is 288 g/mol. The molecule has 1 unspecified atom stereocenters. The quantitative estimate of drug-likeness (QED) is 0.794. The summed E-state index contributed by atoms with van der Waals surface area (Å²) in [5, 5.41) is 0. The number of nitrogens with zero attached hydrogens (tertiary/aromatic N) is 4. The zero-order chi connectivity index (χ0) is 14.2. The fourth-order valence-corrected chi connectivity index (χ4v) is 3.55. The van der Waals surface area contributed by atoms with Gasteiger partial charge in [-0.25, -0.2) is 4.98 Å². The molecule has 0 bridgehead atoms. The minimum atomic E-state index is -3.41. The van der Waals surface area contributed by atoms with Crippen LogP contribution in [-0.4, -0.2) is 54.3 Å². The van der Waals surface area contributed by atoms with Crippen LogP contribution in [0.2, 0.25) is 0 Å². The van der Waals surface area contributed by atoms with Crippen LogP contribution in [0.1, 0.15) is 24.5 Å². The van der Waals surface area contributed by atoms with Crippen LogP contribution in [0.25, 0.3) is 0 Å². The maximum Gasteiger partial charge on any atom is 0.282 e. The highest BCUT2D eigenvalue weighted by Gasteiger charge is 2.35. The molecule has 1 aliphatic heterocycles. The van der Waals surface area contributed by atoms with Crippen molar-refractivity contribution in [3.63, 3.8) is 0 Å². The Morgan fingerprint density at radius 2 is 2.16 bits per heavy atom. The molecule has 0 aliphatic carbocycles. The summed E-state index contributed by atoms with van der Waals surface area (Å²) in [5.41, 5.74) is 0.978. The Balaban J connectivity index is 2.33. The van der Waals surface area contributed by atoms with Gasteiger partial charge < -0.3 is 9.30 Å². The summed E-state index contributed by atoms with van der Waals surface area (Å²) in [5.74, 6) is 0.767. The minimum Gasteiger partial charge on any atom is -0.378 e. The predicted molar refractivity (Wildman–Crippen MR) is 70.7 cm³/mol. The summed E-state index contributed by atoms with van der Waals surface area (Å²) >= 11 is 0. The maximum atomic E-state index is 12.2. The van der Waals surface area contributed by atoms with Crippen molar-refractivity contribution in [2.75, 3.05) is 27.7 Å². The Morgan fingerprint density at radius 3 is 2.74 bits per heavy atom. The number of rotatable bonds is 4. The Kier molecular flexibility index (Phi) is 3.95. The zero-order valence-electron chi connectivity index (χ0n) is 11.7. The Labute approximate surface area is 114 Å². The number of ether oxygens (including phenoxy) is 1. The monoisotopic (exact) mass is 288 g/mol. The molecule has 0 radical (unpaired) electrons. The summed E-state index contributed by atoms with van der Waals surface area (Å²) in [6.07, 6.45) is 1.75. The van der Waals surface area contributed by atoms with Crippen molar-refractivity contribution in [2.45, 2.75) is 26.1 Å². The van der Waals surface area contributed by atoms with Crippen molar-refractivity contribution < 1.29 is 13.2 Å². The van der Waals surface area contributed by atoms with Crippen LogP contribution in [0.15, 0.2) is 6.20 Å². The van der Waals surface area contributed by atoms with E-state index in [4.69, 9.17) is 4.74 Å². The first-order valence-corrected chi connectivity index (χ1v) is 7.51. The Morgan fingerprint density at radius 1 is 1.47 bits per heavy atom. The Bertz CT molecular complexity index is 552. The van der Waals surface area contributed by atoms with Crippen LogP contribution < -0.4 is 0 Å². The van der Waals surface area contributed by atoms with E-state index in [9.17, 15) is 8.42 Å². The second kappa shape index (κ2) is 5.20. The van der Waals surface area contributed by atoms with Crippen molar-refractivity contribution in [1.82, 2.24) is 18.2 Å². The van der Waals surface area contributed by atoms with Gasteiger partial charge in [0.05, 0.1) is 24.5 Å². The third kappa shape index (κ3) is 2.40. The fourth-order valence-electron chi connectivity index (χ4n) is 2.33. The summed E-state index contributed by atoms with van der Waals surface area (Å²) in [7, 11) is 1.30. The second-order valence-electron chi connectivity index (χ2n) is 4.77. The van der Waals surface area contributed by atoms with Crippen molar-refractivity contribution in [2.24, 2.45) is 0 Å². The first kappa shape index (κ1) is 14.4. The van der Waals surface area contributed by atoms with E-state index in [0.717, 1.165) is 11.5 Å². The molecular weight excluding hydrogens is 268 g/mol. The predicted octanol–water partition coefficient (Wildman–Crippen LogP) is 0.213. The molecule has 2 rings (SSSR count). The lowest BCUT2D eigenvalue weighted by Crippen LogP contribution is -2.46. The summed E-state index contributed by atoms with van der Waals surface area (Å²) in [6, 6.07) is -0.272. The molecule has 2 heterocycles. The van der Waals surface area contributed by atoms with Crippen LogP contribution in [0.4, 0.5) is 0 Å². The third-order valence-corrected chi connectivity index (χ3v) is 5.38. The standard InChI is InChI=1S/C11H20N4O3S/c1-9-11-12-7-10(8-18-4)14(11)5-6-15(9)19(16,17)13(2)3/h7,9H,5-6,8H2,1-4H3. The van der Waals surface area contributed by atoms with Gasteiger partial charge in [0.1, 0.15) is 5.82 Å². The maximum absolute atomic E-state index is 12.2. The lowest BCUT2D eigenvalue weighted by Gasteiger charge is -2.34. The minimum absolute atomic E-state index is 0.272. The summed E-state index contributed by atoms with van der Waals surface area (Å²) in [6.45, 7) is 3.39. The number of hydrogen-bond acceptors (Lipinski definition) is 4. The molecule has 0 fully saturated rings. The van der Waals surface area contributed by atoms with Gasteiger partial charge in [0.2, 0.25) is 0 Å². The molecule has 1 aliphatic rings. The highest BCUT2D eigenvalue weighted by Crippen LogP contribution is 2.28. The number of fused-ring (bicyclic) bond motifs is 1. The van der Waals surface area contributed by atoms with Crippen molar-refractivity contribution in [3.8, 4) is 0 Å². The molecule has 1 atom stereocenters. The van der Waals surface area contributed by atoms with E-state index in [0.29, 0.717) is 19.7 Å². The molecule has 0 saturated heterocycles. The molecule has 0 spiro atoms. The highest BCUT2D eigenvalue weighted by atomic mass is 32.2. The molecule has 1 aromatic heterocycles. The smallest absolute Gasteiger partial charge is 0.282 e. The van der Waals surface area contributed by atoms with E-state index in [1.807, 2.05) is 11.5 Å². The van der Waals surface area contributed by atoms with Gasteiger partial charge in [0.15, 0.2) is 0 Å². The van der Waals surface area contributed by atoms with Gasteiger partial charge >= 0.3 is 0 Å². The molecule has 7 nitrogen and oxygen atoms in total. The molecule has 0 aromatic carbocycles. The van der Waals surface area contributed by atoms with Crippen LogP contribution in [0, 0.1) is 0 Å². The van der Waals surface area contributed by atoms with Crippen LogP contribution >= 0.6 is 0 Å². The molecule has 19 heavy (non-hydrogen) atoms. The van der Waals surface area contributed by atoms with E-state index in [1.165, 1.54) is 8.61 Å². The van der Waals surface area contributed by atoms with E-state index in [1.54, 1.807) is 27.4 Å². The molecule has 0 N–H and O–H groups in total. The fraction of sp³-hybridized carbons (Fsp3) is 0.727. The first-order chi connectivity index (χ1) is 8.89. The van der Waals surface area contributed by atoms with Gasteiger partial charge in [-0.2, -0.15) is 17.0 Å². The highest BCUT2D eigenvalue weighted by molar-refractivity contribution is 7.86. The van der Waals surface area contributed by atoms with Crippen LogP contribution in [0.5, 0.6) is 0 Å². The van der Waals surface area contributed by atoms with Gasteiger partial charge in [-0.15, -0.1) is 0 Å². The lowest BCUT2D eigenvalue weighted by atomic mass is 10.2. The van der Waals surface area contributed by atoms with Gasteiger partial charge in [-0.3, -0.25) is 0 Å². The Hall–Kier alpha value is -0.960. The average Bonchev–Trinajstić information content (AvgIpc) is 2.74. The topological polar surface area (TPSA) is 67.7 Å². The number of methoxy groups -OCH3 is 1. The molecule has 8 heteroatoms. The van der Waals surface area contributed by atoms with Crippen molar-refractivity contribution in [3.05, 3.63) is 17.7 Å².